The van der Waals surface area contributed by atoms with Crippen LogP contribution in [0.1, 0.15) is 38.5 Å². The summed E-state index contributed by atoms with van der Waals surface area (Å²) in [4.78, 5) is 19.7. The molecule has 4 heterocycles. The van der Waals surface area contributed by atoms with Crippen LogP contribution in [-0.4, -0.2) is 40.1 Å². The lowest BCUT2D eigenvalue weighted by molar-refractivity contribution is 0.539. The quantitative estimate of drug-likeness (QED) is 0.851. The van der Waals surface area contributed by atoms with Crippen LogP contribution in [0, 0.1) is 11.8 Å². The summed E-state index contributed by atoms with van der Waals surface area (Å²) in [5.74, 6) is 3.97. The number of anilines is 2. The van der Waals surface area contributed by atoms with Gasteiger partial charge in [-0.3, -0.25) is 0 Å². The van der Waals surface area contributed by atoms with Crippen molar-refractivity contribution in [1.29, 1.82) is 0 Å². The zero-order valence-electron chi connectivity index (χ0n) is 13.9. The monoisotopic (exact) mass is 321 g/mol. The van der Waals surface area contributed by atoms with E-state index >= 15 is 0 Å². The minimum atomic E-state index is 0.670. The van der Waals surface area contributed by atoms with E-state index < -0.39 is 0 Å². The molecular weight excluding hydrogens is 298 g/mol. The molecule has 124 valence electrons. The van der Waals surface area contributed by atoms with Gasteiger partial charge in [0.2, 0.25) is 0 Å². The highest BCUT2D eigenvalue weighted by Crippen LogP contribution is 2.46. The molecule has 0 unspecified atom stereocenters. The molecular formula is C19H23N5. The minimum absolute atomic E-state index is 0.670. The number of hydrogen-bond donors (Lipinski definition) is 0. The van der Waals surface area contributed by atoms with Crippen molar-refractivity contribution in [3.05, 3.63) is 18.3 Å². The zero-order valence-corrected chi connectivity index (χ0v) is 13.9. The van der Waals surface area contributed by atoms with Gasteiger partial charge in [-0.15, -0.1) is 0 Å². The summed E-state index contributed by atoms with van der Waals surface area (Å²) in [5.41, 5.74) is 1.73. The fourth-order valence-electron chi connectivity index (χ4n) is 5.63. The molecule has 0 spiro atoms. The lowest BCUT2D eigenvalue weighted by Gasteiger charge is -2.34. The Morgan fingerprint density at radius 3 is 2.08 bits per heavy atom. The molecule has 5 nitrogen and oxygen atoms in total. The van der Waals surface area contributed by atoms with Crippen LogP contribution in [0.25, 0.3) is 11.2 Å². The van der Waals surface area contributed by atoms with Crippen molar-refractivity contribution >= 4 is 22.8 Å². The van der Waals surface area contributed by atoms with E-state index in [9.17, 15) is 0 Å². The third-order valence-electron chi connectivity index (χ3n) is 6.77. The Labute approximate surface area is 142 Å². The van der Waals surface area contributed by atoms with E-state index in [0.29, 0.717) is 12.1 Å². The van der Waals surface area contributed by atoms with Crippen LogP contribution in [0.2, 0.25) is 0 Å². The number of aromatic nitrogens is 3. The summed E-state index contributed by atoms with van der Waals surface area (Å²) in [7, 11) is 0. The summed E-state index contributed by atoms with van der Waals surface area (Å²) in [5, 5.41) is 0. The van der Waals surface area contributed by atoms with Gasteiger partial charge >= 0.3 is 0 Å². The molecule has 4 bridgehead atoms. The van der Waals surface area contributed by atoms with E-state index in [2.05, 4.69) is 14.8 Å². The largest absolute Gasteiger partial charge is 0.350 e. The third kappa shape index (κ3) is 1.84. The van der Waals surface area contributed by atoms with Crippen molar-refractivity contribution < 1.29 is 0 Å². The molecule has 24 heavy (non-hydrogen) atoms. The Morgan fingerprint density at radius 2 is 1.50 bits per heavy atom. The van der Waals surface area contributed by atoms with Crippen molar-refractivity contribution in [3.8, 4) is 0 Å². The molecule has 4 fully saturated rings. The lowest BCUT2D eigenvalue weighted by Crippen LogP contribution is -2.38. The van der Waals surface area contributed by atoms with Crippen LogP contribution >= 0.6 is 0 Å². The molecule has 0 aromatic carbocycles. The third-order valence-corrected chi connectivity index (χ3v) is 6.77. The van der Waals surface area contributed by atoms with Gasteiger partial charge < -0.3 is 9.80 Å². The fraction of sp³-hybridized carbons (Fsp3) is 0.632. The first kappa shape index (κ1) is 13.4. The predicted molar refractivity (Wildman–Crippen MR) is 94.3 cm³/mol. The van der Waals surface area contributed by atoms with Crippen LogP contribution in [0.15, 0.2) is 18.3 Å². The Kier molecular flexibility index (Phi) is 2.68. The number of piperidine rings is 2. The molecule has 2 aliphatic heterocycles. The van der Waals surface area contributed by atoms with E-state index in [-0.39, 0.29) is 0 Å². The molecule has 4 atom stereocenters. The van der Waals surface area contributed by atoms with Crippen molar-refractivity contribution in [1.82, 2.24) is 15.0 Å². The smallest absolute Gasteiger partial charge is 0.180 e. The van der Waals surface area contributed by atoms with Crippen LogP contribution < -0.4 is 9.80 Å². The maximum Gasteiger partial charge on any atom is 0.180 e. The zero-order chi connectivity index (χ0) is 15.7. The normalized spacial score (nSPS) is 34.0. The molecule has 2 saturated carbocycles. The second-order valence-electron chi connectivity index (χ2n) is 8.19. The number of hydrogen-bond acceptors (Lipinski definition) is 5. The second-order valence-corrected chi connectivity index (χ2v) is 8.19. The van der Waals surface area contributed by atoms with Gasteiger partial charge in [0.1, 0.15) is 5.52 Å². The van der Waals surface area contributed by atoms with Gasteiger partial charge in [-0.1, -0.05) is 0 Å². The molecule has 2 aromatic rings. The van der Waals surface area contributed by atoms with Crippen LogP contribution in [0.5, 0.6) is 0 Å². The van der Waals surface area contributed by atoms with E-state index in [1.807, 2.05) is 18.3 Å². The summed E-state index contributed by atoms with van der Waals surface area (Å²) >= 11 is 0. The van der Waals surface area contributed by atoms with Crippen LogP contribution in [-0.2, 0) is 0 Å². The molecule has 6 rings (SSSR count). The lowest BCUT2D eigenvalue weighted by atomic mass is 10.1. The van der Waals surface area contributed by atoms with Gasteiger partial charge in [0.05, 0.1) is 0 Å². The molecule has 0 radical (unpaired) electrons. The van der Waals surface area contributed by atoms with Crippen LogP contribution in [0.3, 0.4) is 0 Å². The van der Waals surface area contributed by atoms with Crippen molar-refractivity contribution in [2.45, 2.75) is 50.6 Å². The predicted octanol–water partition coefficient (Wildman–Crippen LogP) is 3.00. The first-order valence-electron chi connectivity index (χ1n) is 9.51. The van der Waals surface area contributed by atoms with Gasteiger partial charge in [0, 0.05) is 31.4 Å². The number of fused-ring (bicyclic) bond motifs is 5. The highest BCUT2D eigenvalue weighted by molar-refractivity contribution is 5.78. The van der Waals surface area contributed by atoms with Crippen LogP contribution in [0.4, 0.5) is 11.6 Å². The van der Waals surface area contributed by atoms with Crippen molar-refractivity contribution in [3.63, 3.8) is 0 Å². The highest BCUT2D eigenvalue weighted by atomic mass is 15.3. The summed E-state index contributed by atoms with van der Waals surface area (Å²) in [6.07, 6.45) is 9.94. The molecule has 4 aliphatic rings. The molecule has 5 heteroatoms. The average Bonchev–Trinajstić information content (AvgIpc) is 3.40. The Balaban J connectivity index is 1.50. The number of rotatable bonds is 2. The maximum absolute atomic E-state index is 5.06. The van der Waals surface area contributed by atoms with Gasteiger partial charge in [0.15, 0.2) is 17.3 Å². The molecule has 0 amide bonds. The molecule has 2 aromatic heterocycles. The Bertz CT molecular complexity index is 739. The highest BCUT2D eigenvalue weighted by Gasteiger charge is 2.43. The number of nitrogens with zero attached hydrogens (tertiary/aromatic N) is 5. The van der Waals surface area contributed by atoms with Gasteiger partial charge in [0.25, 0.3) is 0 Å². The van der Waals surface area contributed by atoms with Gasteiger partial charge in [-0.25, -0.2) is 15.0 Å². The van der Waals surface area contributed by atoms with E-state index in [1.165, 1.54) is 45.1 Å². The summed E-state index contributed by atoms with van der Waals surface area (Å²) < 4.78 is 0. The van der Waals surface area contributed by atoms with Gasteiger partial charge in [-0.2, -0.15) is 0 Å². The first-order chi connectivity index (χ1) is 11.8. The molecule has 0 N–H and O–H groups in total. The van der Waals surface area contributed by atoms with E-state index in [1.54, 1.807) is 0 Å². The second kappa shape index (κ2) is 4.80. The fourth-order valence-corrected chi connectivity index (χ4v) is 5.63. The first-order valence-corrected chi connectivity index (χ1v) is 9.51. The number of pyridine rings is 1. The minimum Gasteiger partial charge on any atom is -0.350 e. The van der Waals surface area contributed by atoms with Crippen molar-refractivity contribution in [2.24, 2.45) is 11.8 Å². The standard InChI is InChI=1S/C19H23N5/c1-2-16-17(20-7-1)22-19(24-11-13-4-6-15(24)9-13)18(21-16)23-10-12-3-5-14(23)8-12/h1-2,7,12-15H,3-6,8-11H2/t12-,13-,14-,15-/m0/s1. The Hall–Kier alpha value is -1.91. The SMILES string of the molecule is c1cnc2nc(N3C[C@H]4CC[C@H]3C4)c(N3C[C@H]4CC[C@H]3C4)nc2c1. The summed E-state index contributed by atoms with van der Waals surface area (Å²) in [6, 6.07) is 5.36. The van der Waals surface area contributed by atoms with Crippen molar-refractivity contribution in [2.75, 3.05) is 22.9 Å². The topological polar surface area (TPSA) is 45.2 Å². The maximum atomic E-state index is 5.06. The van der Waals surface area contributed by atoms with E-state index in [0.717, 1.165) is 41.2 Å². The Morgan fingerprint density at radius 1 is 0.833 bits per heavy atom. The molecule has 2 saturated heterocycles. The van der Waals surface area contributed by atoms with Gasteiger partial charge in [-0.05, 0) is 62.5 Å². The molecule has 2 aliphatic carbocycles. The average molecular weight is 321 g/mol. The van der Waals surface area contributed by atoms with E-state index in [4.69, 9.17) is 9.97 Å². The summed E-state index contributed by atoms with van der Waals surface area (Å²) in [6.45, 7) is 2.33.